The number of aryl methyl sites for hydroxylation is 1. The van der Waals surface area contributed by atoms with Crippen LogP contribution < -0.4 is 5.32 Å². The lowest BCUT2D eigenvalue weighted by molar-refractivity contribution is -0.123. The first-order valence-corrected chi connectivity index (χ1v) is 4.54. The SMILES string of the molecule is C=CC(=C)NC(=O)C(C)n1cnc(C)n1. The van der Waals surface area contributed by atoms with Crippen molar-refractivity contribution in [2.75, 3.05) is 0 Å². The molecule has 1 aromatic heterocycles. The van der Waals surface area contributed by atoms with Crippen LogP contribution in [0, 0.1) is 6.92 Å². The molecule has 1 N–H and O–H groups in total. The lowest BCUT2D eigenvalue weighted by Crippen LogP contribution is -2.29. The molecular formula is C10H14N4O. The van der Waals surface area contributed by atoms with Crippen LogP contribution in [0.25, 0.3) is 0 Å². The lowest BCUT2D eigenvalue weighted by Gasteiger charge is -2.11. The highest BCUT2D eigenvalue weighted by Gasteiger charge is 2.15. The highest BCUT2D eigenvalue weighted by Crippen LogP contribution is 2.04. The number of carbonyl (C=O) groups excluding carboxylic acids is 1. The minimum absolute atomic E-state index is 0.190. The summed E-state index contributed by atoms with van der Waals surface area (Å²) in [6.45, 7) is 10.6. The molecule has 1 heterocycles. The summed E-state index contributed by atoms with van der Waals surface area (Å²) in [4.78, 5) is 15.6. The largest absolute Gasteiger partial charge is 0.325 e. The normalized spacial score (nSPS) is 11.9. The van der Waals surface area contributed by atoms with E-state index in [0.29, 0.717) is 11.5 Å². The van der Waals surface area contributed by atoms with E-state index >= 15 is 0 Å². The Bertz CT molecular complexity index is 394. The zero-order valence-electron chi connectivity index (χ0n) is 8.90. The maximum Gasteiger partial charge on any atom is 0.248 e. The van der Waals surface area contributed by atoms with Crippen molar-refractivity contribution < 1.29 is 4.79 Å². The van der Waals surface area contributed by atoms with Crippen molar-refractivity contribution in [3.05, 3.63) is 37.1 Å². The summed E-state index contributed by atoms with van der Waals surface area (Å²) in [5.41, 5.74) is 0.476. The summed E-state index contributed by atoms with van der Waals surface area (Å²) in [6, 6.07) is -0.414. The number of rotatable bonds is 4. The highest BCUT2D eigenvalue weighted by molar-refractivity contribution is 5.81. The quantitative estimate of drug-likeness (QED) is 0.746. The predicted molar refractivity (Wildman–Crippen MR) is 56.9 cm³/mol. The van der Waals surface area contributed by atoms with Gasteiger partial charge in [-0.05, 0) is 19.9 Å². The van der Waals surface area contributed by atoms with Crippen molar-refractivity contribution in [3.8, 4) is 0 Å². The molecule has 0 saturated carbocycles. The molecule has 0 bridgehead atoms. The van der Waals surface area contributed by atoms with E-state index < -0.39 is 6.04 Å². The fourth-order valence-corrected chi connectivity index (χ4v) is 0.982. The van der Waals surface area contributed by atoms with Gasteiger partial charge in [0, 0.05) is 5.70 Å². The van der Waals surface area contributed by atoms with Crippen LogP contribution >= 0.6 is 0 Å². The summed E-state index contributed by atoms with van der Waals surface area (Å²) in [5.74, 6) is 0.446. The number of amides is 1. The van der Waals surface area contributed by atoms with Crippen molar-refractivity contribution >= 4 is 5.91 Å². The van der Waals surface area contributed by atoms with Gasteiger partial charge in [0.15, 0.2) is 0 Å². The Morgan fingerprint density at radius 3 is 2.87 bits per heavy atom. The zero-order chi connectivity index (χ0) is 11.4. The third-order valence-corrected chi connectivity index (χ3v) is 1.93. The number of hydrogen-bond acceptors (Lipinski definition) is 3. The standard InChI is InChI=1S/C10H14N4O/c1-5-7(2)12-10(15)8(3)14-6-11-9(4)13-14/h5-6,8H,1-2H2,3-4H3,(H,12,15). The molecule has 1 aromatic rings. The van der Waals surface area contributed by atoms with Crippen LogP contribution in [0.1, 0.15) is 18.8 Å². The first kappa shape index (κ1) is 11.2. The van der Waals surface area contributed by atoms with E-state index in [0.717, 1.165) is 0 Å². The summed E-state index contributed by atoms with van der Waals surface area (Å²) in [6.07, 6.45) is 3.01. The van der Waals surface area contributed by atoms with Gasteiger partial charge in [-0.2, -0.15) is 5.10 Å². The van der Waals surface area contributed by atoms with Gasteiger partial charge in [-0.25, -0.2) is 9.67 Å². The van der Waals surface area contributed by atoms with Gasteiger partial charge in [0.2, 0.25) is 5.91 Å². The molecule has 0 spiro atoms. The molecule has 1 atom stereocenters. The van der Waals surface area contributed by atoms with Gasteiger partial charge in [0.25, 0.3) is 0 Å². The Hall–Kier alpha value is -1.91. The summed E-state index contributed by atoms with van der Waals surface area (Å²) >= 11 is 0. The van der Waals surface area contributed by atoms with Crippen molar-refractivity contribution in [2.45, 2.75) is 19.9 Å². The van der Waals surface area contributed by atoms with Crippen molar-refractivity contribution in [2.24, 2.45) is 0 Å². The van der Waals surface area contributed by atoms with Crippen LogP contribution in [0.2, 0.25) is 0 Å². The second-order valence-electron chi connectivity index (χ2n) is 3.17. The fourth-order valence-electron chi connectivity index (χ4n) is 0.982. The van der Waals surface area contributed by atoms with Crippen LogP contribution in [-0.2, 0) is 4.79 Å². The number of hydrogen-bond donors (Lipinski definition) is 1. The third-order valence-electron chi connectivity index (χ3n) is 1.93. The maximum absolute atomic E-state index is 11.6. The minimum Gasteiger partial charge on any atom is -0.325 e. The van der Waals surface area contributed by atoms with E-state index in [2.05, 4.69) is 28.6 Å². The predicted octanol–water partition coefficient (Wildman–Crippen LogP) is 0.963. The zero-order valence-corrected chi connectivity index (χ0v) is 8.90. The fraction of sp³-hybridized carbons (Fsp3) is 0.300. The second kappa shape index (κ2) is 4.54. The molecule has 1 rings (SSSR count). The Kier molecular flexibility index (Phi) is 3.38. The van der Waals surface area contributed by atoms with Crippen LogP contribution in [-0.4, -0.2) is 20.7 Å². The van der Waals surface area contributed by atoms with Crippen molar-refractivity contribution in [3.63, 3.8) is 0 Å². The van der Waals surface area contributed by atoms with E-state index in [1.165, 1.54) is 17.1 Å². The van der Waals surface area contributed by atoms with Gasteiger partial charge in [-0.3, -0.25) is 4.79 Å². The molecule has 15 heavy (non-hydrogen) atoms. The minimum atomic E-state index is -0.414. The maximum atomic E-state index is 11.6. The topological polar surface area (TPSA) is 59.8 Å². The van der Waals surface area contributed by atoms with Gasteiger partial charge in [-0.15, -0.1) is 0 Å². The first-order chi connectivity index (χ1) is 7.04. The number of aromatic nitrogens is 3. The first-order valence-electron chi connectivity index (χ1n) is 4.54. The Morgan fingerprint density at radius 1 is 1.73 bits per heavy atom. The molecule has 5 nitrogen and oxygen atoms in total. The molecule has 5 heteroatoms. The van der Waals surface area contributed by atoms with E-state index in [1.807, 2.05) is 0 Å². The Balaban J connectivity index is 2.68. The number of allylic oxidation sites excluding steroid dienone is 1. The van der Waals surface area contributed by atoms with E-state index in [1.54, 1.807) is 13.8 Å². The van der Waals surface area contributed by atoms with Crippen molar-refractivity contribution in [1.82, 2.24) is 20.1 Å². The molecule has 0 fully saturated rings. The van der Waals surface area contributed by atoms with E-state index in [4.69, 9.17) is 0 Å². The van der Waals surface area contributed by atoms with Crippen LogP contribution in [0.4, 0.5) is 0 Å². The molecule has 0 radical (unpaired) electrons. The highest BCUT2D eigenvalue weighted by atomic mass is 16.2. The van der Waals surface area contributed by atoms with Gasteiger partial charge in [-0.1, -0.05) is 13.2 Å². The van der Waals surface area contributed by atoms with Crippen LogP contribution in [0.3, 0.4) is 0 Å². The Morgan fingerprint density at radius 2 is 2.40 bits per heavy atom. The molecule has 0 saturated heterocycles. The molecule has 80 valence electrons. The van der Waals surface area contributed by atoms with Crippen molar-refractivity contribution in [1.29, 1.82) is 0 Å². The number of nitrogens with one attached hydrogen (secondary N) is 1. The second-order valence-corrected chi connectivity index (χ2v) is 3.17. The average molecular weight is 206 g/mol. The van der Waals surface area contributed by atoms with E-state index in [-0.39, 0.29) is 5.91 Å². The Labute approximate surface area is 88.5 Å². The number of carbonyl (C=O) groups is 1. The third kappa shape index (κ3) is 2.77. The lowest BCUT2D eigenvalue weighted by atomic mass is 10.3. The molecule has 1 unspecified atom stereocenters. The van der Waals surface area contributed by atoms with Crippen LogP contribution in [0.5, 0.6) is 0 Å². The van der Waals surface area contributed by atoms with Gasteiger partial charge in [0.1, 0.15) is 18.2 Å². The van der Waals surface area contributed by atoms with Gasteiger partial charge >= 0.3 is 0 Å². The molecule has 0 aliphatic rings. The summed E-state index contributed by atoms with van der Waals surface area (Å²) in [7, 11) is 0. The molecule has 0 aliphatic heterocycles. The molecular weight excluding hydrogens is 192 g/mol. The summed E-state index contributed by atoms with van der Waals surface area (Å²) in [5, 5.41) is 6.65. The average Bonchev–Trinajstić information content (AvgIpc) is 2.63. The van der Waals surface area contributed by atoms with Crippen LogP contribution in [0.15, 0.2) is 31.3 Å². The van der Waals surface area contributed by atoms with Gasteiger partial charge < -0.3 is 5.32 Å². The molecule has 1 amide bonds. The molecule has 0 aromatic carbocycles. The summed E-state index contributed by atoms with van der Waals surface area (Å²) < 4.78 is 1.50. The monoisotopic (exact) mass is 206 g/mol. The number of nitrogens with zero attached hydrogens (tertiary/aromatic N) is 3. The molecule has 0 aliphatic carbocycles. The smallest absolute Gasteiger partial charge is 0.248 e. The van der Waals surface area contributed by atoms with E-state index in [9.17, 15) is 4.79 Å². The van der Waals surface area contributed by atoms with Gasteiger partial charge in [0.05, 0.1) is 0 Å².